The highest BCUT2D eigenvalue weighted by atomic mass is 15.0. The van der Waals surface area contributed by atoms with Crippen LogP contribution >= 0.6 is 0 Å². The molecule has 0 saturated heterocycles. The molecule has 0 saturated carbocycles. The van der Waals surface area contributed by atoms with Gasteiger partial charge in [-0.2, -0.15) is 0 Å². The van der Waals surface area contributed by atoms with Gasteiger partial charge in [0.05, 0.1) is 22.8 Å². The summed E-state index contributed by atoms with van der Waals surface area (Å²) in [5.41, 5.74) is 12.4. The molecule has 0 fully saturated rings. The highest BCUT2D eigenvalue weighted by Crippen LogP contribution is 2.35. The summed E-state index contributed by atoms with van der Waals surface area (Å²) >= 11 is 0. The van der Waals surface area contributed by atoms with Crippen LogP contribution in [0.15, 0.2) is 228 Å². The van der Waals surface area contributed by atoms with Gasteiger partial charge in [-0.05, 0) is 12.1 Å². The van der Waals surface area contributed by atoms with Gasteiger partial charge in [-0.1, -0.05) is 206 Å². The van der Waals surface area contributed by atoms with Gasteiger partial charge >= 0.3 is 0 Å². The molecule has 2 aromatic heterocycles. The Morgan fingerprint density at radius 3 is 0.688 bits per heavy atom. The van der Waals surface area contributed by atoms with Crippen molar-refractivity contribution >= 4 is 22.8 Å². The Bertz CT molecular complexity index is 2990. The summed E-state index contributed by atoms with van der Waals surface area (Å²) in [6.45, 7) is 0. The Morgan fingerprint density at radius 1 is 0.188 bits per heavy atom. The van der Waals surface area contributed by atoms with Gasteiger partial charge in [0.15, 0.2) is 34.9 Å². The molecule has 3 heterocycles. The van der Waals surface area contributed by atoms with Crippen LogP contribution < -0.4 is 0 Å². The molecule has 64 heavy (non-hydrogen) atoms. The predicted molar refractivity (Wildman–Crippen MR) is 256 cm³/mol. The van der Waals surface area contributed by atoms with Crippen molar-refractivity contribution in [2.45, 2.75) is 0 Å². The smallest absolute Gasteiger partial charge is 0.164 e. The Morgan fingerprint density at radius 2 is 0.406 bits per heavy atom. The maximum Gasteiger partial charge on any atom is 0.164 e. The van der Waals surface area contributed by atoms with Crippen molar-refractivity contribution < 1.29 is 0 Å². The van der Waals surface area contributed by atoms with Crippen LogP contribution in [-0.2, 0) is 0 Å². The fourth-order valence-corrected chi connectivity index (χ4v) is 7.77. The zero-order chi connectivity index (χ0) is 42.7. The number of rotatable bonds is 8. The van der Waals surface area contributed by atoms with E-state index in [0.717, 1.165) is 78.4 Å². The number of para-hydroxylation sites is 2. The summed E-state index contributed by atoms with van der Waals surface area (Å²) in [7, 11) is 0. The number of fused-ring (bicyclic) bond motifs is 2. The van der Waals surface area contributed by atoms with Gasteiger partial charge in [0.25, 0.3) is 0 Å². The van der Waals surface area contributed by atoms with E-state index in [1.54, 1.807) is 0 Å². The van der Waals surface area contributed by atoms with Gasteiger partial charge in [-0.15, -0.1) is 0 Å². The van der Waals surface area contributed by atoms with Crippen LogP contribution in [0, 0.1) is 0 Å². The normalized spacial score (nSPS) is 11.9. The highest BCUT2D eigenvalue weighted by Gasteiger charge is 2.21. The molecular formula is C56H36N8. The van der Waals surface area contributed by atoms with E-state index >= 15 is 0 Å². The highest BCUT2D eigenvalue weighted by molar-refractivity contribution is 6.22. The molecule has 0 radical (unpaired) electrons. The Kier molecular flexibility index (Phi) is 10.0. The second-order valence-electron chi connectivity index (χ2n) is 15.2. The van der Waals surface area contributed by atoms with Crippen LogP contribution in [0.3, 0.4) is 0 Å². The summed E-state index contributed by atoms with van der Waals surface area (Å²) in [6, 6.07) is 72.9. The average molecular weight is 821 g/mol. The molecule has 300 valence electrons. The van der Waals surface area contributed by atoms with Crippen molar-refractivity contribution in [3.63, 3.8) is 0 Å². The quantitative estimate of drug-likeness (QED) is 0.151. The molecule has 0 spiro atoms. The van der Waals surface area contributed by atoms with E-state index in [9.17, 15) is 0 Å². The third kappa shape index (κ3) is 7.67. The molecule has 1 aliphatic rings. The molecule has 11 rings (SSSR count). The fourth-order valence-electron chi connectivity index (χ4n) is 7.77. The molecule has 8 heteroatoms. The standard InChI is InChI=1S/C56H36N8/c1-5-17-39(18-6-1)51-59-52(40-19-7-2-8-20-40)62-55(61-51)43-33-29-37(30-34-43)49-45-25-13-15-27-47(45)58-50(46-26-14-16-28-48(46)57-49)38-31-35-44(36-32-38)56-63-53(41-21-9-3-10-22-41)60-54(64-56)42-23-11-4-12-24-42/h1-36H. The first-order valence-corrected chi connectivity index (χ1v) is 21.0. The number of benzene rings is 8. The second-order valence-corrected chi connectivity index (χ2v) is 15.2. The molecule has 0 aliphatic carbocycles. The molecule has 1 aliphatic heterocycles. The summed E-state index contributed by atoms with van der Waals surface area (Å²) in [4.78, 5) is 40.3. The van der Waals surface area contributed by atoms with Crippen LogP contribution in [-0.4, -0.2) is 41.3 Å². The predicted octanol–water partition coefficient (Wildman–Crippen LogP) is 12.7. The molecular weight excluding hydrogens is 785 g/mol. The first kappa shape index (κ1) is 38.1. The minimum Gasteiger partial charge on any atom is -0.247 e. The maximum atomic E-state index is 5.41. The van der Waals surface area contributed by atoms with Gasteiger partial charge in [-0.3, -0.25) is 0 Å². The zero-order valence-electron chi connectivity index (χ0n) is 34.4. The van der Waals surface area contributed by atoms with Crippen molar-refractivity contribution in [2.75, 3.05) is 0 Å². The summed E-state index contributed by atoms with van der Waals surface area (Å²) < 4.78 is 0. The number of aliphatic imine (C=N–C) groups is 2. The minimum atomic E-state index is 0.591. The topological polar surface area (TPSA) is 102 Å². The van der Waals surface area contributed by atoms with Crippen LogP contribution in [0.25, 0.3) is 68.3 Å². The van der Waals surface area contributed by atoms with Crippen molar-refractivity contribution in [3.05, 3.63) is 241 Å². The van der Waals surface area contributed by atoms with Crippen LogP contribution in [0.4, 0.5) is 11.4 Å². The van der Waals surface area contributed by atoms with Gasteiger partial charge in [0, 0.05) is 55.6 Å². The Hall–Kier alpha value is -8.88. The molecule has 0 amide bonds. The minimum absolute atomic E-state index is 0.591. The number of aromatic nitrogens is 6. The van der Waals surface area contributed by atoms with Crippen molar-refractivity contribution in [3.8, 4) is 68.3 Å². The lowest BCUT2D eigenvalue weighted by Gasteiger charge is -2.18. The number of hydrogen-bond acceptors (Lipinski definition) is 8. The van der Waals surface area contributed by atoms with Gasteiger partial charge in [-0.25, -0.2) is 39.9 Å². The van der Waals surface area contributed by atoms with E-state index in [-0.39, 0.29) is 0 Å². The number of nitrogens with zero attached hydrogens (tertiary/aromatic N) is 8. The van der Waals surface area contributed by atoms with E-state index < -0.39 is 0 Å². The van der Waals surface area contributed by atoms with E-state index in [2.05, 4.69) is 60.7 Å². The summed E-state index contributed by atoms with van der Waals surface area (Å²) in [5, 5.41) is 0. The lowest BCUT2D eigenvalue weighted by molar-refractivity contribution is 1.07. The molecule has 0 N–H and O–H groups in total. The molecule has 0 bridgehead atoms. The third-order valence-corrected chi connectivity index (χ3v) is 11.0. The Labute approximate surface area is 370 Å². The number of hydrogen-bond donors (Lipinski definition) is 0. The van der Waals surface area contributed by atoms with Gasteiger partial charge in [0.2, 0.25) is 0 Å². The SMILES string of the molecule is c1ccc(-c2nc(-c3ccccc3)nc(-c3ccc(C4=Nc5ccccc5C(c5ccc(-c6nc(-c7ccccc7)nc(-c7ccccc7)n6)cc5)=Nc5ccccc54)cc3)n2)cc1. The van der Waals surface area contributed by atoms with Crippen LogP contribution in [0.5, 0.6) is 0 Å². The average Bonchev–Trinajstić information content (AvgIpc) is 3.38. The maximum absolute atomic E-state index is 5.41. The molecule has 10 aromatic rings. The van der Waals surface area contributed by atoms with Gasteiger partial charge < -0.3 is 0 Å². The summed E-state index contributed by atoms with van der Waals surface area (Å²) in [5.74, 6) is 3.65. The fraction of sp³-hybridized carbons (Fsp3) is 0. The lowest BCUT2D eigenvalue weighted by Crippen LogP contribution is -2.10. The first-order chi connectivity index (χ1) is 31.7. The van der Waals surface area contributed by atoms with Crippen molar-refractivity contribution in [1.82, 2.24) is 29.9 Å². The molecule has 8 nitrogen and oxygen atoms in total. The Balaban J connectivity index is 0.959. The van der Waals surface area contributed by atoms with E-state index in [4.69, 9.17) is 39.9 Å². The van der Waals surface area contributed by atoms with Crippen molar-refractivity contribution in [2.24, 2.45) is 9.98 Å². The third-order valence-electron chi connectivity index (χ3n) is 11.0. The van der Waals surface area contributed by atoms with E-state index in [0.29, 0.717) is 34.9 Å². The van der Waals surface area contributed by atoms with E-state index in [1.165, 1.54) is 0 Å². The zero-order valence-corrected chi connectivity index (χ0v) is 34.4. The molecule has 8 aromatic carbocycles. The lowest BCUT2D eigenvalue weighted by atomic mass is 9.95. The first-order valence-electron chi connectivity index (χ1n) is 21.0. The second kappa shape index (κ2) is 16.9. The van der Waals surface area contributed by atoms with E-state index in [1.807, 2.05) is 158 Å². The van der Waals surface area contributed by atoms with Crippen LogP contribution in [0.1, 0.15) is 22.3 Å². The van der Waals surface area contributed by atoms with Crippen molar-refractivity contribution in [1.29, 1.82) is 0 Å². The molecule has 0 atom stereocenters. The monoisotopic (exact) mass is 820 g/mol. The summed E-state index contributed by atoms with van der Waals surface area (Å²) in [6.07, 6.45) is 0. The molecule has 0 unspecified atom stereocenters. The van der Waals surface area contributed by atoms with Crippen LogP contribution in [0.2, 0.25) is 0 Å². The van der Waals surface area contributed by atoms with Gasteiger partial charge in [0.1, 0.15) is 0 Å². The largest absolute Gasteiger partial charge is 0.247 e.